The molecule has 4 heteroatoms. The molecule has 104 valence electrons. The number of hydrogen-bond donors (Lipinski definition) is 1. The van der Waals surface area contributed by atoms with Crippen LogP contribution in [-0.4, -0.2) is 18.8 Å². The monoisotopic (exact) mass is 325 g/mol. The SMILES string of the molecule is CC1(C)COc2cc(Br)c(CC3(N)CC3)cc2OC1. The Balaban J connectivity index is 1.88. The molecular formula is C15H20BrNO2. The minimum absolute atomic E-state index is 0.00160. The highest BCUT2D eigenvalue weighted by Gasteiger charge is 2.38. The normalized spacial score (nSPS) is 22.7. The second-order valence-electron chi connectivity index (χ2n) is 6.67. The van der Waals surface area contributed by atoms with Crippen molar-refractivity contribution >= 4 is 15.9 Å². The number of hydrogen-bond acceptors (Lipinski definition) is 3. The molecular weight excluding hydrogens is 306 g/mol. The summed E-state index contributed by atoms with van der Waals surface area (Å²) < 4.78 is 12.8. The van der Waals surface area contributed by atoms with Gasteiger partial charge in [0.25, 0.3) is 0 Å². The summed E-state index contributed by atoms with van der Waals surface area (Å²) in [4.78, 5) is 0. The maximum atomic E-state index is 6.20. The Kier molecular flexibility index (Phi) is 3.06. The molecule has 0 radical (unpaired) electrons. The Bertz CT molecular complexity index is 509. The molecule has 0 spiro atoms. The largest absolute Gasteiger partial charge is 0.489 e. The van der Waals surface area contributed by atoms with E-state index in [0.717, 1.165) is 35.2 Å². The van der Waals surface area contributed by atoms with Crippen molar-refractivity contribution < 1.29 is 9.47 Å². The first-order valence-electron chi connectivity index (χ1n) is 6.74. The van der Waals surface area contributed by atoms with Crippen LogP contribution in [0.5, 0.6) is 11.5 Å². The van der Waals surface area contributed by atoms with Crippen molar-refractivity contribution in [2.75, 3.05) is 13.2 Å². The summed E-state index contributed by atoms with van der Waals surface area (Å²) in [6.45, 7) is 5.64. The molecule has 0 unspecified atom stereocenters. The maximum absolute atomic E-state index is 6.20. The number of nitrogens with two attached hydrogens (primary N) is 1. The molecule has 3 rings (SSSR count). The lowest BCUT2D eigenvalue weighted by Crippen LogP contribution is -2.26. The quantitative estimate of drug-likeness (QED) is 0.907. The molecule has 0 saturated heterocycles. The fourth-order valence-corrected chi connectivity index (χ4v) is 2.71. The van der Waals surface area contributed by atoms with Crippen LogP contribution in [0.25, 0.3) is 0 Å². The summed E-state index contributed by atoms with van der Waals surface area (Å²) in [5.41, 5.74) is 7.46. The van der Waals surface area contributed by atoms with E-state index in [1.165, 1.54) is 5.56 Å². The number of rotatable bonds is 2. The molecule has 19 heavy (non-hydrogen) atoms. The third-order valence-electron chi connectivity index (χ3n) is 3.78. The molecule has 1 aromatic rings. The van der Waals surface area contributed by atoms with Gasteiger partial charge < -0.3 is 15.2 Å². The standard InChI is InChI=1S/C15H20BrNO2/c1-14(2)8-18-12-5-10(7-15(17)3-4-15)11(16)6-13(12)19-9-14/h5-6H,3-4,7-9,17H2,1-2H3. The predicted molar refractivity (Wildman–Crippen MR) is 78.8 cm³/mol. The minimum atomic E-state index is 0.00160. The van der Waals surface area contributed by atoms with Gasteiger partial charge in [-0.3, -0.25) is 0 Å². The fourth-order valence-electron chi connectivity index (χ4n) is 2.24. The first-order chi connectivity index (χ1) is 8.87. The molecule has 2 aliphatic rings. The maximum Gasteiger partial charge on any atom is 0.162 e. The Labute approximate surface area is 122 Å². The first-order valence-corrected chi connectivity index (χ1v) is 7.53. The van der Waals surface area contributed by atoms with E-state index in [4.69, 9.17) is 15.2 Å². The highest BCUT2D eigenvalue weighted by molar-refractivity contribution is 9.10. The Hall–Kier alpha value is -0.740. The Morgan fingerprint density at radius 2 is 1.74 bits per heavy atom. The molecule has 1 aliphatic carbocycles. The van der Waals surface area contributed by atoms with Crippen molar-refractivity contribution in [3.63, 3.8) is 0 Å². The summed E-state index contributed by atoms with van der Waals surface area (Å²) in [5, 5.41) is 0. The highest BCUT2D eigenvalue weighted by atomic mass is 79.9. The van der Waals surface area contributed by atoms with Gasteiger partial charge in [-0.2, -0.15) is 0 Å². The zero-order valence-corrected chi connectivity index (χ0v) is 13.0. The molecule has 1 heterocycles. The predicted octanol–water partition coefficient (Wildman–Crippen LogP) is 3.28. The van der Waals surface area contributed by atoms with Gasteiger partial charge >= 0.3 is 0 Å². The van der Waals surface area contributed by atoms with Crippen LogP contribution in [0.1, 0.15) is 32.3 Å². The smallest absolute Gasteiger partial charge is 0.162 e. The van der Waals surface area contributed by atoms with E-state index in [-0.39, 0.29) is 11.0 Å². The zero-order chi connectivity index (χ0) is 13.7. The van der Waals surface area contributed by atoms with Crippen molar-refractivity contribution in [1.29, 1.82) is 0 Å². The average molecular weight is 326 g/mol. The van der Waals surface area contributed by atoms with Gasteiger partial charge in [-0.15, -0.1) is 0 Å². The molecule has 0 bridgehead atoms. The van der Waals surface area contributed by atoms with Crippen LogP contribution in [0, 0.1) is 5.41 Å². The van der Waals surface area contributed by atoms with Crippen LogP contribution < -0.4 is 15.2 Å². The average Bonchev–Trinajstić information content (AvgIpc) is 3.07. The third-order valence-corrected chi connectivity index (χ3v) is 4.52. The zero-order valence-electron chi connectivity index (χ0n) is 11.5. The third kappa shape index (κ3) is 2.90. The molecule has 1 aromatic carbocycles. The van der Waals surface area contributed by atoms with Gasteiger partial charge in [0.15, 0.2) is 11.5 Å². The molecule has 1 fully saturated rings. The van der Waals surface area contributed by atoms with Gasteiger partial charge in [-0.1, -0.05) is 29.8 Å². The lowest BCUT2D eigenvalue weighted by molar-refractivity contribution is 0.140. The van der Waals surface area contributed by atoms with Crippen LogP contribution in [0.3, 0.4) is 0 Å². The lowest BCUT2D eigenvalue weighted by atomic mass is 9.97. The summed E-state index contributed by atoms with van der Waals surface area (Å²) >= 11 is 3.62. The van der Waals surface area contributed by atoms with Crippen LogP contribution in [0.2, 0.25) is 0 Å². The highest BCUT2D eigenvalue weighted by Crippen LogP contribution is 2.42. The first kappa shape index (κ1) is 13.3. The fraction of sp³-hybridized carbons (Fsp3) is 0.600. The van der Waals surface area contributed by atoms with Crippen molar-refractivity contribution in [3.05, 3.63) is 22.2 Å². The molecule has 0 aromatic heterocycles. The van der Waals surface area contributed by atoms with E-state index >= 15 is 0 Å². The topological polar surface area (TPSA) is 44.5 Å². The van der Waals surface area contributed by atoms with E-state index in [9.17, 15) is 0 Å². The lowest BCUT2D eigenvalue weighted by Gasteiger charge is -2.19. The molecule has 3 nitrogen and oxygen atoms in total. The summed E-state index contributed by atoms with van der Waals surface area (Å²) in [6, 6.07) is 4.09. The van der Waals surface area contributed by atoms with Crippen molar-refractivity contribution in [2.45, 2.75) is 38.6 Å². The summed E-state index contributed by atoms with van der Waals surface area (Å²) in [5.74, 6) is 1.66. The van der Waals surface area contributed by atoms with Crippen LogP contribution in [0.4, 0.5) is 0 Å². The second-order valence-corrected chi connectivity index (χ2v) is 7.53. The van der Waals surface area contributed by atoms with Crippen LogP contribution in [-0.2, 0) is 6.42 Å². The van der Waals surface area contributed by atoms with Gasteiger partial charge in [0, 0.05) is 15.4 Å². The Morgan fingerprint density at radius 3 is 2.32 bits per heavy atom. The summed E-state index contributed by atoms with van der Waals surface area (Å²) in [6.07, 6.45) is 3.12. The number of ether oxygens (including phenoxy) is 2. The van der Waals surface area contributed by atoms with Gasteiger partial charge in [0.1, 0.15) is 0 Å². The van der Waals surface area contributed by atoms with Gasteiger partial charge in [-0.05, 0) is 37.0 Å². The molecule has 1 saturated carbocycles. The van der Waals surface area contributed by atoms with Gasteiger partial charge in [-0.25, -0.2) is 0 Å². The van der Waals surface area contributed by atoms with E-state index in [1.807, 2.05) is 6.07 Å². The van der Waals surface area contributed by atoms with Crippen LogP contribution >= 0.6 is 15.9 Å². The summed E-state index contributed by atoms with van der Waals surface area (Å²) in [7, 11) is 0. The Morgan fingerprint density at radius 1 is 1.16 bits per heavy atom. The second kappa shape index (κ2) is 4.38. The molecule has 2 N–H and O–H groups in total. The van der Waals surface area contributed by atoms with E-state index < -0.39 is 0 Å². The van der Waals surface area contributed by atoms with E-state index in [0.29, 0.717) is 13.2 Å². The van der Waals surface area contributed by atoms with Crippen molar-refractivity contribution in [2.24, 2.45) is 11.1 Å². The molecule has 0 atom stereocenters. The van der Waals surface area contributed by atoms with Gasteiger partial charge in [0.05, 0.1) is 13.2 Å². The number of benzene rings is 1. The van der Waals surface area contributed by atoms with Gasteiger partial charge in [0.2, 0.25) is 0 Å². The molecule has 1 aliphatic heterocycles. The van der Waals surface area contributed by atoms with Crippen molar-refractivity contribution in [3.8, 4) is 11.5 Å². The number of fused-ring (bicyclic) bond motifs is 1. The van der Waals surface area contributed by atoms with Crippen molar-refractivity contribution in [1.82, 2.24) is 0 Å². The minimum Gasteiger partial charge on any atom is -0.489 e. The molecule has 0 amide bonds. The van der Waals surface area contributed by atoms with E-state index in [1.54, 1.807) is 0 Å². The van der Waals surface area contributed by atoms with E-state index in [2.05, 4.69) is 35.8 Å². The number of halogens is 1. The van der Waals surface area contributed by atoms with Crippen LogP contribution in [0.15, 0.2) is 16.6 Å².